The molecule has 0 bridgehead atoms. The molecule has 6 heteroatoms. The summed E-state index contributed by atoms with van der Waals surface area (Å²) < 4.78 is 0. The highest BCUT2D eigenvalue weighted by molar-refractivity contribution is 8.15. The van der Waals surface area contributed by atoms with Crippen molar-refractivity contribution in [3.05, 3.63) is 65.7 Å². The van der Waals surface area contributed by atoms with Crippen LogP contribution in [-0.2, 0) is 21.4 Å². The number of hydrogen-bond donors (Lipinski definition) is 2. The van der Waals surface area contributed by atoms with Gasteiger partial charge in [-0.25, -0.2) is 0 Å². The zero-order valence-corrected chi connectivity index (χ0v) is 14.8. The van der Waals surface area contributed by atoms with Gasteiger partial charge in [-0.3, -0.25) is 19.7 Å². The van der Waals surface area contributed by atoms with E-state index in [0.717, 1.165) is 41.4 Å². The zero-order chi connectivity index (χ0) is 18.1. The Labute approximate surface area is 155 Å². The van der Waals surface area contributed by atoms with Gasteiger partial charge in [0.25, 0.3) is 5.24 Å². The summed E-state index contributed by atoms with van der Waals surface area (Å²) in [6.45, 7) is 0. The van der Waals surface area contributed by atoms with Gasteiger partial charge in [0.15, 0.2) is 0 Å². The fourth-order valence-electron chi connectivity index (χ4n) is 3.25. The number of nitrogens with one attached hydrogen (secondary N) is 2. The first-order valence-corrected chi connectivity index (χ1v) is 9.42. The molecule has 2 aliphatic rings. The lowest BCUT2D eigenvalue weighted by Crippen LogP contribution is -2.27. The van der Waals surface area contributed by atoms with Crippen molar-refractivity contribution >= 4 is 34.5 Å². The molecule has 1 unspecified atom stereocenters. The summed E-state index contributed by atoms with van der Waals surface area (Å²) in [5.41, 5.74) is 2.34. The highest BCUT2D eigenvalue weighted by Crippen LogP contribution is 2.48. The van der Waals surface area contributed by atoms with Crippen LogP contribution in [0.15, 0.2) is 54.6 Å². The molecule has 5 nitrogen and oxygen atoms in total. The van der Waals surface area contributed by atoms with Gasteiger partial charge in [0.05, 0.1) is 10.7 Å². The number of thioether (sulfide) groups is 1. The lowest BCUT2D eigenvalue weighted by atomic mass is 9.95. The SMILES string of the molecule is O=C1NC(=O)C(Cc2ccc(NC(=O)C3(c4ccccc4)CC3)cc2)S1. The van der Waals surface area contributed by atoms with E-state index in [1.54, 1.807) is 0 Å². The van der Waals surface area contributed by atoms with E-state index in [2.05, 4.69) is 10.6 Å². The molecule has 1 saturated heterocycles. The Bertz CT molecular complexity index is 860. The van der Waals surface area contributed by atoms with E-state index in [1.807, 2.05) is 54.6 Å². The minimum atomic E-state index is -0.404. The van der Waals surface area contributed by atoms with Crippen LogP contribution in [-0.4, -0.2) is 22.3 Å². The van der Waals surface area contributed by atoms with E-state index in [0.29, 0.717) is 6.42 Å². The highest BCUT2D eigenvalue weighted by atomic mass is 32.2. The maximum absolute atomic E-state index is 12.7. The van der Waals surface area contributed by atoms with Gasteiger partial charge in [0.1, 0.15) is 0 Å². The Morgan fingerprint density at radius 1 is 1.08 bits per heavy atom. The predicted octanol–water partition coefficient (Wildman–Crippen LogP) is 3.25. The van der Waals surface area contributed by atoms with Crippen LogP contribution in [0.25, 0.3) is 0 Å². The maximum Gasteiger partial charge on any atom is 0.286 e. The van der Waals surface area contributed by atoms with Crippen molar-refractivity contribution in [2.75, 3.05) is 5.32 Å². The molecule has 2 fully saturated rings. The van der Waals surface area contributed by atoms with Crippen molar-refractivity contribution in [2.45, 2.75) is 29.9 Å². The normalized spacial score (nSPS) is 20.5. The fraction of sp³-hybridized carbons (Fsp3) is 0.250. The lowest BCUT2D eigenvalue weighted by molar-refractivity contribution is -0.119. The zero-order valence-electron chi connectivity index (χ0n) is 14.0. The molecule has 2 aromatic carbocycles. The third-order valence-corrected chi connectivity index (χ3v) is 5.89. The van der Waals surface area contributed by atoms with Crippen molar-refractivity contribution in [1.82, 2.24) is 5.32 Å². The van der Waals surface area contributed by atoms with Gasteiger partial charge in [-0.15, -0.1) is 0 Å². The predicted molar refractivity (Wildman–Crippen MR) is 101 cm³/mol. The smallest absolute Gasteiger partial charge is 0.286 e. The highest BCUT2D eigenvalue weighted by Gasteiger charge is 2.51. The second kappa shape index (κ2) is 6.61. The third kappa shape index (κ3) is 3.24. The molecule has 2 aromatic rings. The molecule has 0 spiro atoms. The van der Waals surface area contributed by atoms with Gasteiger partial charge in [-0.1, -0.05) is 54.2 Å². The van der Waals surface area contributed by atoms with E-state index in [9.17, 15) is 14.4 Å². The van der Waals surface area contributed by atoms with Gasteiger partial charge in [0.2, 0.25) is 11.8 Å². The Kier molecular flexibility index (Phi) is 4.28. The average molecular weight is 366 g/mol. The monoisotopic (exact) mass is 366 g/mol. The van der Waals surface area contributed by atoms with E-state index in [-0.39, 0.29) is 22.3 Å². The van der Waals surface area contributed by atoms with Crippen LogP contribution in [0.5, 0.6) is 0 Å². The lowest BCUT2D eigenvalue weighted by Gasteiger charge is -2.16. The van der Waals surface area contributed by atoms with Gasteiger partial charge in [-0.2, -0.15) is 0 Å². The van der Waals surface area contributed by atoms with Crippen LogP contribution in [0.4, 0.5) is 10.5 Å². The minimum Gasteiger partial charge on any atom is -0.325 e. The quantitative estimate of drug-likeness (QED) is 0.852. The van der Waals surface area contributed by atoms with E-state index < -0.39 is 5.41 Å². The molecule has 3 amide bonds. The molecule has 1 atom stereocenters. The number of imide groups is 1. The first-order valence-electron chi connectivity index (χ1n) is 8.54. The van der Waals surface area contributed by atoms with Gasteiger partial charge < -0.3 is 5.32 Å². The molecule has 132 valence electrons. The van der Waals surface area contributed by atoms with Crippen molar-refractivity contribution in [3.8, 4) is 0 Å². The standard InChI is InChI=1S/C20H18N2O3S/c23-17-16(26-19(25)22-17)12-13-6-8-15(9-7-13)21-18(24)20(10-11-20)14-4-2-1-3-5-14/h1-9,16H,10-12H2,(H,21,24)(H,22,23,25). The molecular weight excluding hydrogens is 348 g/mol. The molecule has 1 aliphatic heterocycles. The van der Waals surface area contributed by atoms with E-state index in [4.69, 9.17) is 0 Å². The number of rotatable bonds is 5. The number of benzene rings is 2. The van der Waals surface area contributed by atoms with Crippen molar-refractivity contribution < 1.29 is 14.4 Å². The summed E-state index contributed by atoms with van der Waals surface area (Å²) >= 11 is 1.02. The Morgan fingerprint density at radius 2 is 1.77 bits per heavy atom. The first kappa shape index (κ1) is 16.8. The molecule has 1 heterocycles. The summed E-state index contributed by atoms with van der Waals surface area (Å²) in [7, 11) is 0. The largest absolute Gasteiger partial charge is 0.325 e. The van der Waals surface area contributed by atoms with Crippen LogP contribution in [0.2, 0.25) is 0 Å². The van der Waals surface area contributed by atoms with Crippen LogP contribution in [0.1, 0.15) is 24.0 Å². The number of carbonyl (C=O) groups excluding carboxylic acids is 3. The van der Waals surface area contributed by atoms with E-state index in [1.165, 1.54) is 0 Å². The second-order valence-corrected chi connectivity index (χ2v) is 7.86. The topological polar surface area (TPSA) is 75.3 Å². The average Bonchev–Trinajstić information content (AvgIpc) is 3.39. The Morgan fingerprint density at radius 3 is 2.35 bits per heavy atom. The number of amides is 3. The molecular formula is C20H18N2O3S. The van der Waals surface area contributed by atoms with Crippen molar-refractivity contribution in [3.63, 3.8) is 0 Å². The van der Waals surface area contributed by atoms with Crippen LogP contribution < -0.4 is 10.6 Å². The molecule has 26 heavy (non-hydrogen) atoms. The minimum absolute atomic E-state index is 0.0211. The summed E-state index contributed by atoms with van der Waals surface area (Å²) in [4.78, 5) is 35.6. The van der Waals surface area contributed by atoms with Crippen molar-refractivity contribution in [2.24, 2.45) is 0 Å². The molecule has 0 aromatic heterocycles. The first-order chi connectivity index (χ1) is 12.6. The summed E-state index contributed by atoms with van der Waals surface area (Å²) in [6.07, 6.45) is 2.22. The number of carbonyl (C=O) groups is 3. The van der Waals surface area contributed by atoms with Gasteiger partial charge in [-0.05, 0) is 42.5 Å². The Hall–Kier alpha value is -2.60. The fourth-order valence-corrected chi connectivity index (χ4v) is 4.11. The molecule has 1 aliphatic carbocycles. The summed E-state index contributed by atoms with van der Waals surface area (Å²) in [6, 6.07) is 17.3. The van der Waals surface area contributed by atoms with Crippen LogP contribution in [0, 0.1) is 0 Å². The number of anilines is 1. The summed E-state index contributed by atoms with van der Waals surface area (Å²) in [5.74, 6) is -0.219. The third-order valence-electron chi connectivity index (χ3n) is 4.91. The van der Waals surface area contributed by atoms with Crippen LogP contribution >= 0.6 is 11.8 Å². The maximum atomic E-state index is 12.7. The van der Waals surface area contributed by atoms with Gasteiger partial charge in [0, 0.05) is 5.69 Å². The molecule has 0 radical (unpaired) electrons. The summed E-state index contributed by atoms with van der Waals surface area (Å²) in [5, 5.41) is 4.62. The number of hydrogen-bond acceptors (Lipinski definition) is 4. The van der Waals surface area contributed by atoms with Crippen LogP contribution in [0.3, 0.4) is 0 Å². The van der Waals surface area contributed by atoms with Crippen molar-refractivity contribution in [1.29, 1.82) is 0 Å². The molecule has 2 N–H and O–H groups in total. The van der Waals surface area contributed by atoms with E-state index >= 15 is 0 Å². The second-order valence-electron chi connectivity index (χ2n) is 6.69. The molecule has 4 rings (SSSR count). The Balaban J connectivity index is 1.41. The molecule has 1 saturated carbocycles. The van der Waals surface area contributed by atoms with Gasteiger partial charge >= 0.3 is 0 Å².